The Hall–Kier alpha value is -0.490. The van der Waals surface area contributed by atoms with Crippen LogP contribution in [0.15, 0.2) is 0 Å². The van der Waals surface area contributed by atoms with Crippen LogP contribution >= 0.6 is 0 Å². The van der Waals surface area contributed by atoms with Gasteiger partial charge in [-0.3, -0.25) is 4.79 Å². The molecule has 1 unspecified atom stereocenters. The standard InChI is InChI=1S/C14H25NO4/c1-17-9-5-15-11-13(16)12-2-6-19-14(10-12)3-7-18-8-4-14/h12,15H,2-11H2,1H3. The molecular formula is C14H25NO4. The topological polar surface area (TPSA) is 56.8 Å². The maximum absolute atomic E-state index is 12.2. The Balaban J connectivity index is 1.78. The lowest BCUT2D eigenvalue weighted by Gasteiger charge is -2.42. The lowest BCUT2D eigenvalue weighted by molar-refractivity contribution is -0.156. The molecule has 19 heavy (non-hydrogen) atoms. The number of hydrogen-bond donors (Lipinski definition) is 1. The van der Waals surface area contributed by atoms with Crippen molar-refractivity contribution in [1.82, 2.24) is 5.32 Å². The number of carbonyl (C=O) groups is 1. The van der Waals surface area contributed by atoms with Crippen LogP contribution in [0.5, 0.6) is 0 Å². The highest BCUT2D eigenvalue weighted by atomic mass is 16.5. The Morgan fingerprint density at radius 3 is 2.89 bits per heavy atom. The summed E-state index contributed by atoms with van der Waals surface area (Å²) in [5.74, 6) is 0.451. The zero-order valence-corrected chi connectivity index (χ0v) is 11.8. The molecule has 2 aliphatic rings. The predicted molar refractivity (Wildman–Crippen MR) is 71.2 cm³/mol. The second-order valence-electron chi connectivity index (χ2n) is 5.47. The molecule has 0 aromatic carbocycles. The number of methoxy groups -OCH3 is 1. The zero-order valence-electron chi connectivity index (χ0n) is 11.8. The Morgan fingerprint density at radius 1 is 1.37 bits per heavy atom. The van der Waals surface area contributed by atoms with Gasteiger partial charge >= 0.3 is 0 Å². The summed E-state index contributed by atoms with van der Waals surface area (Å²) in [7, 11) is 1.66. The molecule has 0 amide bonds. The summed E-state index contributed by atoms with van der Waals surface area (Å²) < 4.78 is 16.3. The van der Waals surface area contributed by atoms with E-state index in [0.717, 1.165) is 45.4 Å². The van der Waals surface area contributed by atoms with Crippen molar-refractivity contribution in [3.8, 4) is 0 Å². The maximum atomic E-state index is 12.2. The molecule has 2 fully saturated rings. The minimum Gasteiger partial charge on any atom is -0.383 e. The van der Waals surface area contributed by atoms with Crippen LogP contribution in [0.2, 0.25) is 0 Å². The molecule has 0 aromatic rings. The molecule has 2 aliphatic heterocycles. The fraction of sp³-hybridized carbons (Fsp3) is 0.929. The van der Waals surface area contributed by atoms with Gasteiger partial charge in [-0.05, 0) is 25.7 Å². The van der Waals surface area contributed by atoms with Crippen molar-refractivity contribution in [3.05, 3.63) is 0 Å². The summed E-state index contributed by atoms with van der Waals surface area (Å²) in [5, 5.41) is 3.13. The first-order valence-electron chi connectivity index (χ1n) is 7.20. The Bertz CT molecular complexity index is 284. The van der Waals surface area contributed by atoms with Crippen LogP contribution in [-0.4, -0.2) is 58.0 Å². The fourth-order valence-corrected chi connectivity index (χ4v) is 2.92. The molecule has 2 saturated heterocycles. The van der Waals surface area contributed by atoms with E-state index in [2.05, 4.69) is 5.32 Å². The predicted octanol–water partition coefficient (Wildman–Crippen LogP) is 0.767. The van der Waals surface area contributed by atoms with Gasteiger partial charge in [-0.1, -0.05) is 0 Å². The van der Waals surface area contributed by atoms with Gasteiger partial charge in [0.2, 0.25) is 0 Å². The third-order valence-corrected chi connectivity index (χ3v) is 4.13. The van der Waals surface area contributed by atoms with E-state index in [9.17, 15) is 4.79 Å². The van der Waals surface area contributed by atoms with Gasteiger partial charge in [-0.15, -0.1) is 0 Å². The van der Waals surface area contributed by atoms with Crippen LogP contribution < -0.4 is 5.32 Å². The highest BCUT2D eigenvalue weighted by Crippen LogP contribution is 2.37. The first-order valence-corrected chi connectivity index (χ1v) is 7.20. The van der Waals surface area contributed by atoms with E-state index >= 15 is 0 Å². The first kappa shape index (κ1) is 14.9. The molecular weight excluding hydrogens is 246 g/mol. The molecule has 5 nitrogen and oxygen atoms in total. The van der Waals surface area contributed by atoms with Crippen LogP contribution in [0.4, 0.5) is 0 Å². The molecule has 1 atom stereocenters. The average Bonchev–Trinajstić information content (AvgIpc) is 2.44. The van der Waals surface area contributed by atoms with Crippen molar-refractivity contribution in [2.24, 2.45) is 5.92 Å². The molecule has 0 aromatic heterocycles. The molecule has 0 radical (unpaired) electrons. The normalized spacial score (nSPS) is 26.5. The van der Waals surface area contributed by atoms with Gasteiger partial charge < -0.3 is 19.5 Å². The Labute approximate surface area is 115 Å². The number of Topliss-reactive ketones (excluding diaryl/α,β-unsaturated/α-hetero) is 1. The van der Waals surface area contributed by atoms with Crippen LogP contribution in [0, 0.1) is 5.92 Å². The summed E-state index contributed by atoms with van der Waals surface area (Å²) in [6.07, 6.45) is 3.57. The summed E-state index contributed by atoms with van der Waals surface area (Å²) in [4.78, 5) is 12.2. The smallest absolute Gasteiger partial charge is 0.149 e. The lowest BCUT2D eigenvalue weighted by Crippen LogP contribution is -2.47. The Morgan fingerprint density at radius 2 is 2.16 bits per heavy atom. The second-order valence-corrected chi connectivity index (χ2v) is 5.47. The molecule has 5 heteroatoms. The number of ketones is 1. The minimum absolute atomic E-state index is 0.0939. The number of carbonyl (C=O) groups excluding carboxylic acids is 1. The molecule has 2 heterocycles. The van der Waals surface area contributed by atoms with E-state index in [-0.39, 0.29) is 11.5 Å². The first-order chi connectivity index (χ1) is 9.26. The molecule has 0 bridgehead atoms. The average molecular weight is 271 g/mol. The van der Waals surface area contributed by atoms with Crippen molar-refractivity contribution >= 4 is 5.78 Å². The monoisotopic (exact) mass is 271 g/mol. The van der Waals surface area contributed by atoms with Crippen molar-refractivity contribution in [1.29, 1.82) is 0 Å². The number of hydrogen-bond acceptors (Lipinski definition) is 5. The van der Waals surface area contributed by atoms with Crippen molar-refractivity contribution in [3.63, 3.8) is 0 Å². The van der Waals surface area contributed by atoms with Gasteiger partial charge in [-0.25, -0.2) is 0 Å². The van der Waals surface area contributed by atoms with Crippen LogP contribution in [0.3, 0.4) is 0 Å². The second kappa shape index (κ2) is 7.33. The highest BCUT2D eigenvalue weighted by Gasteiger charge is 2.40. The number of rotatable bonds is 6. The van der Waals surface area contributed by atoms with Crippen molar-refractivity contribution in [2.45, 2.75) is 31.3 Å². The van der Waals surface area contributed by atoms with Gasteiger partial charge in [0.25, 0.3) is 0 Å². The van der Waals surface area contributed by atoms with Gasteiger partial charge in [-0.2, -0.15) is 0 Å². The minimum atomic E-state index is -0.0939. The van der Waals surface area contributed by atoms with Gasteiger partial charge in [0.15, 0.2) is 0 Å². The van der Waals surface area contributed by atoms with Crippen LogP contribution in [-0.2, 0) is 19.0 Å². The third kappa shape index (κ3) is 4.24. The van der Waals surface area contributed by atoms with Gasteiger partial charge in [0, 0.05) is 39.4 Å². The van der Waals surface area contributed by atoms with E-state index in [1.165, 1.54) is 0 Å². The Kier molecular flexibility index (Phi) is 5.76. The summed E-state index contributed by atoms with van der Waals surface area (Å²) in [6, 6.07) is 0. The summed E-state index contributed by atoms with van der Waals surface area (Å²) in [5.41, 5.74) is -0.0939. The van der Waals surface area contributed by atoms with Crippen LogP contribution in [0.25, 0.3) is 0 Å². The van der Waals surface area contributed by atoms with E-state index in [4.69, 9.17) is 14.2 Å². The van der Waals surface area contributed by atoms with E-state index in [1.807, 2.05) is 0 Å². The van der Waals surface area contributed by atoms with Crippen LogP contribution in [0.1, 0.15) is 25.7 Å². The molecule has 1 spiro atoms. The van der Waals surface area contributed by atoms with E-state index < -0.39 is 0 Å². The molecule has 0 saturated carbocycles. The molecule has 2 rings (SSSR count). The van der Waals surface area contributed by atoms with Crippen molar-refractivity contribution in [2.75, 3.05) is 46.6 Å². The summed E-state index contributed by atoms with van der Waals surface area (Å²) in [6.45, 7) is 4.03. The number of nitrogens with one attached hydrogen (secondary N) is 1. The molecule has 110 valence electrons. The highest BCUT2D eigenvalue weighted by molar-refractivity contribution is 5.83. The third-order valence-electron chi connectivity index (χ3n) is 4.13. The number of ether oxygens (including phenoxy) is 3. The molecule has 0 aliphatic carbocycles. The zero-order chi connectivity index (χ0) is 13.6. The van der Waals surface area contributed by atoms with Gasteiger partial charge in [0.1, 0.15) is 5.78 Å². The molecule has 1 N–H and O–H groups in total. The SMILES string of the molecule is COCCNCC(=O)C1CCOC2(CCOCC2)C1. The lowest BCUT2D eigenvalue weighted by atomic mass is 9.79. The quantitative estimate of drug-likeness (QED) is 0.723. The summed E-state index contributed by atoms with van der Waals surface area (Å²) >= 11 is 0. The largest absolute Gasteiger partial charge is 0.383 e. The van der Waals surface area contributed by atoms with E-state index in [0.29, 0.717) is 25.5 Å². The van der Waals surface area contributed by atoms with Gasteiger partial charge in [0.05, 0.1) is 18.8 Å². The van der Waals surface area contributed by atoms with E-state index in [1.54, 1.807) is 7.11 Å². The van der Waals surface area contributed by atoms with Crippen molar-refractivity contribution < 1.29 is 19.0 Å². The fourth-order valence-electron chi connectivity index (χ4n) is 2.92. The maximum Gasteiger partial charge on any atom is 0.149 e.